The van der Waals surface area contributed by atoms with Gasteiger partial charge in [0, 0.05) is 12.1 Å². The summed E-state index contributed by atoms with van der Waals surface area (Å²) in [6.45, 7) is 9.42. The molecule has 2 nitrogen and oxygen atoms in total. The highest BCUT2D eigenvalue weighted by molar-refractivity contribution is 6.01. The third-order valence-corrected chi connectivity index (χ3v) is 5.16. The van der Waals surface area contributed by atoms with Gasteiger partial charge in [0.25, 0.3) is 5.91 Å². The van der Waals surface area contributed by atoms with Gasteiger partial charge in [-0.05, 0) is 36.3 Å². The Morgan fingerprint density at radius 1 is 1.05 bits per heavy atom. The van der Waals surface area contributed by atoms with Crippen LogP contribution < -0.4 is 5.32 Å². The highest BCUT2D eigenvalue weighted by atomic mass is 16.1. The molecule has 2 aliphatic rings. The minimum atomic E-state index is 0.0887. The predicted octanol–water partition coefficient (Wildman–Crippen LogP) is 4.52. The molecule has 20 heavy (non-hydrogen) atoms. The van der Waals surface area contributed by atoms with Crippen LogP contribution in [-0.4, -0.2) is 12.5 Å². The van der Waals surface area contributed by atoms with Crippen molar-refractivity contribution in [3.63, 3.8) is 0 Å². The lowest BCUT2D eigenvalue weighted by atomic mass is 9.71. The molecule has 0 aromatic carbocycles. The Kier molecular flexibility index (Phi) is 5.06. The van der Waals surface area contributed by atoms with E-state index in [2.05, 4.69) is 25.7 Å². The van der Waals surface area contributed by atoms with Crippen LogP contribution in [0.15, 0.2) is 23.3 Å². The van der Waals surface area contributed by atoms with Crippen molar-refractivity contribution in [1.82, 2.24) is 5.32 Å². The Morgan fingerprint density at radius 3 is 2.00 bits per heavy atom. The first-order chi connectivity index (χ1) is 9.54. The molecule has 1 aliphatic carbocycles. The number of hydrogen-bond acceptors (Lipinski definition) is 1. The van der Waals surface area contributed by atoms with Crippen molar-refractivity contribution in [2.75, 3.05) is 6.54 Å². The van der Waals surface area contributed by atoms with Crippen molar-refractivity contribution >= 4 is 5.91 Å². The lowest BCUT2D eigenvalue weighted by Gasteiger charge is -2.33. The molecule has 0 saturated heterocycles. The van der Waals surface area contributed by atoms with Crippen LogP contribution in [0.4, 0.5) is 0 Å². The largest absolute Gasteiger partial charge is 0.348 e. The molecule has 1 saturated carbocycles. The van der Waals surface area contributed by atoms with E-state index < -0.39 is 0 Å². The summed E-state index contributed by atoms with van der Waals surface area (Å²) in [5.41, 5.74) is 3.25. The number of amides is 1. The Hall–Kier alpha value is -1.05. The molecule has 1 heterocycles. The van der Waals surface area contributed by atoms with E-state index in [1.165, 1.54) is 63.4 Å². The molecule has 0 spiro atoms. The van der Waals surface area contributed by atoms with E-state index >= 15 is 0 Å². The molecule has 0 bridgehead atoms. The van der Waals surface area contributed by atoms with Gasteiger partial charge in [-0.1, -0.05) is 58.4 Å². The molecule has 1 fully saturated rings. The van der Waals surface area contributed by atoms with Crippen molar-refractivity contribution < 1.29 is 4.79 Å². The first kappa shape index (κ1) is 15.3. The third-order valence-electron chi connectivity index (χ3n) is 5.16. The van der Waals surface area contributed by atoms with Crippen LogP contribution >= 0.6 is 0 Å². The molecule has 0 aromatic heterocycles. The summed E-state index contributed by atoms with van der Waals surface area (Å²) in [6, 6.07) is 0. The zero-order chi connectivity index (χ0) is 14.6. The topological polar surface area (TPSA) is 29.1 Å². The summed E-state index contributed by atoms with van der Waals surface area (Å²) < 4.78 is 0. The van der Waals surface area contributed by atoms with E-state index in [0.29, 0.717) is 6.54 Å². The van der Waals surface area contributed by atoms with Gasteiger partial charge in [0.2, 0.25) is 0 Å². The van der Waals surface area contributed by atoms with Gasteiger partial charge in [-0.25, -0.2) is 0 Å². The standard InChI is InChI=1S/C18H29NO/c1-14-13-19-17(20)16(14)15(2)18(3)11-9-7-5-4-6-8-10-12-18/h2,4-13H2,1,3H3,(H,19,20). The second kappa shape index (κ2) is 6.60. The zero-order valence-corrected chi connectivity index (χ0v) is 13.2. The fourth-order valence-corrected chi connectivity index (χ4v) is 3.62. The smallest absolute Gasteiger partial charge is 0.251 e. The summed E-state index contributed by atoms with van der Waals surface area (Å²) in [7, 11) is 0. The van der Waals surface area contributed by atoms with Crippen molar-refractivity contribution in [3.05, 3.63) is 23.3 Å². The average Bonchev–Trinajstić information content (AvgIpc) is 2.76. The molecule has 1 aliphatic heterocycles. The van der Waals surface area contributed by atoms with Crippen LogP contribution in [0.3, 0.4) is 0 Å². The van der Waals surface area contributed by atoms with Crippen molar-refractivity contribution in [2.45, 2.75) is 71.6 Å². The molecule has 0 radical (unpaired) electrons. The third kappa shape index (κ3) is 3.34. The number of nitrogens with one attached hydrogen (secondary N) is 1. The number of hydrogen-bond donors (Lipinski definition) is 1. The number of carbonyl (C=O) groups is 1. The molecule has 0 aromatic rings. The molecule has 0 unspecified atom stereocenters. The fourth-order valence-electron chi connectivity index (χ4n) is 3.62. The molecular weight excluding hydrogens is 246 g/mol. The van der Waals surface area contributed by atoms with Gasteiger partial charge in [0.15, 0.2) is 0 Å². The van der Waals surface area contributed by atoms with E-state index in [4.69, 9.17) is 0 Å². The summed E-state index contributed by atoms with van der Waals surface area (Å²) in [6.07, 6.45) is 11.7. The Labute approximate surface area is 123 Å². The van der Waals surface area contributed by atoms with Gasteiger partial charge in [-0.2, -0.15) is 0 Å². The summed E-state index contributed by atoms with van der Waals surface area (Å²) in [5.74, 6) is 0.0887. The fraction of sp³-hybridized carbons (Fsp3) is 0.722. The van der Waals surface area contributed by atoms with Crippen molar-refractivity contribution in [3.8, 4) is 0 Å². The first-order valence-electron chi connectivity index (χ1n) is 8.22. The quantitative estimate of drug-likeness (QED) is 0.788. The minimum absolute atomic E-state index is 0.0887. The van der Waals surface area contributed by atoms with Crippen LogP contribution in [0.1, 0.15) is 71.6 Å². The molecule has 2 heteroatoms. The summed E-state index contributed by atoms with van der Waals surface area (Å²) in [5, 5.41) is 2.93. The van der Waals surface area contributed by atoms with Gasteiger partial charge < -0.3 is 5.32 Å². The van der Waals surface area contributed by atoms with E-state index in [1.807, 2.05) is 0 Å². The predicted molar refractivity (Wildman–Crippen MR) is 84.5 cm³/mol. The van der Waals surface area contributed by atoms with Gasteiger partial charge in [0.05, 0.1) is 0 Å². The van der Waals surface area contributed by atoms with Crippen LogP contribution in [0.25, 0.3) is 0 Å². The van der Waals surface area contributed by atoms with Gasteiger partial charge >= 0.3 is 0 Å². The monoisotopic (exact) mass is 275 g/mol. The van der Waals surface area contributed by atoms with Crippen LogP contribution in [0, 0.1) is 5.41 Å². The Bertz CT molecular complexity index is 409. The molecule has 0 atom stereocenters. The first-order valence-corrected chi connectivity index (χ1v) is 8.22. The van der Waals surface area contributed by atoms with Gasteiger partial charge in [-0.3, -0.25) is 4.79 Å². The van der Waals surface area contributed by atoms with E-state index in [1.54, 1.807) is 0 Å². The number of carbonyl (C=O) groups excluding carboxylic acids is 1. The molecule has 1 amide bonds. The highest BCUT2D eigenvalue weighted by Crippen LogP contribution is 2.43. The van der Waals surface area contributed by atoms with E-state index in [-0.39, 0.29) is 11.3 Å². The lowest BCUT2D eigenvalue weighted by molar-refractivity contribution is -0.116. The van der Waals surface area contributed by atoms with E-state index in [9.17, 15) is 4.79 Å². The highest BCUT2D eigenvalue weighted by Gasteiger charge is 2.34. The normalized spacial score (nSPS) is 24.4. The second-order valence-corrected chi connectivity index (χ2v) is 6.85. The Morgan fingerprint density at radius 2 is 1.55 bits per heavy atom. The van der Waals surface area contributed by atoms with Crippen molar-refractivity contribution in [1.29, 1.82) is 0 Å². The summed E-state index contributed by atoms with van der Waals surface area (Å²) >= 11 is 0. The Balaban J connectivity index is 2.15. The second-order valence-electron chi connectivity index (χ2n) is 6.85. The zero-order valence-electron chi connectivity index (χ0n) is 13.2. The van der Waals surface area contributed by atoms with Gasteiger partial charge in [-0.15, -0.1) is 0 Å². The average molecular weight is 275 g/mol. The minimum Gasteiger partial charge on any atom is -0.348 e. The molecule has 1 N–H and O–H groups in total. The van der Waals surface area contributed by atoms with Gasteiger partial charge in [0.1, 0.15) is 0 Å². The van der Waals surface area contributed by atoms with Crippen LogP contribution in [-0.2, 0) is 4.79 Å². The maximum Gasteiger partial charge on any atom is 0.251 e. The number of rotatable bonds is 2. The SMILES string of the molecule is C=C(C1=C(C)CNC1=O)C1(C)CCCCCCCCC1. The molecule has 2 rings (SSSR count). The maximum absolute atomic E-state index is 12.1. The lowest BCUT2D eigenvalue weighted by Crippen LogP contribution is -2.25. The van der Waals surface area contributed by atoms with Crippen LogP contribution in [0.2, 0.25) is 0 Å². The maximum atomic E-state index is 12.1. The summed E-state index contributed by atoms with van der Waals surface area (Å²) in [4.78, 5) is 12.1. The van der Waals surface area contributed by atoms with Crippen molar-refractivity contribution in [2.24, 2.45) is 5.41 Å². The van der Waals surface area contributed by atoms with E-state index in [0.717, 1.165) is 11.1 Å². The molecule has 112 valence electrons. The molecular formula is C18H29NO. The van der Waals surface area contributed by atoms with Crippen LogP contribution in [0.5, 0.6) is 0 Å².